The number of pyridine rings is 1. The molecule has 5 N–H and O–H groups in total. The third-order valence-corrected chi connectivity index (χ3v) is 9.00. The summed E-state index contributed by atoms with van der Waals surface area (Å²) in [6.07, 6.45) is 2.51. The second kappa shape index (κ2) is 10.4. The molecule has 9 nitrogen and oxygen atoms in total. The van der Waals surface area contributed by atoms with E-state index in [1.165, 1.54) is 5.56 Å². The van der Waals surface area contributed by atoms with Crippen LogP contribution in [-0.4, -0.2) is 60.1 Å². The van der Waals surface area contributed by atoms with E-state index in [1.54, 1.807) is 11.3 Å². The van der Waals surface area contributed by atoms with Crippen LogP contribution in [0.25, 0.3) is 20.8 Å². The smallest absolute Gasteiger partial charge is 0.225 e. The zero-order valence-corrected chi connectivity index (χ0v) is 23.1. The molecule has 3 aromatic heterocycles. The van der Waals surface area contributed by atoms with Gasteiger partial charge in [-0.15, -0.1) is 11.3 Å². The average Bonchev–Trinajstić information content (AvgIpc) is 3.61. The Morgan fingerprint density at radius 3 is 2.56 bits per heavy atom. The average molecular weight is 547 g/mol. The van der Waals surface area contributed by atoms with Crippen LogP contribution in [-0.2, 0) is 0 Å². The number of hydrogen-bond donors (Lipinski definition) is 5. The summed E-state index contributed by atoms with van der Waals surface area (Å²) < 4.78 is 1.07. The predicted molar refractivity (Wildman–Crippen MR) is 153 cm³/mol. The van der Waals surface area contributed by atoms with Crippen LogP contribution in [0.4, 0.5) is 11.8 Å². The van der Waals surface area contributed by atoms with Gasteiger partial charge in [-0.05, 0) is 57.2 Å². The van der Waals surface area contributed by atoms with Gasteiger partial charge >= 0.3 is 0 Å². The highest BCUT2D eigenvalue weighted by molar-refractivity contribution is 7.21. The van der Waals surface area contributed by atoms with Crippen molar-refractivity contribution in [3.8, 4) is 10.6 Å². The Bertz CT molecular complexity index is 1510. The number of fused-ring (bicyclic) bond motifs is 1. The highest BCUT2D eigenvalue weighted by Gasteiger charge is 2.41. The first-order valence-corrected chi connectivity index (χ1v) is 14.4. The summed E-state index contributed by atoms with van der Waals surface area (Å²) in [5.74, 6) is 1.07. The molecule has 2 aliphatic carbocycles. The number of hydrogen-bond acceptors (Lipinski definition) is 10. The van der Waals surface area contributed by atoms with Crippen molar-refractivity contribution in [1.82, 2.24) is 19.9 Å². The number of aryl methyl sites for hydroxylation is 2. The minimum atomic E-state index is -1.03. The lowest BCUT2D eigenvalue weighted by molar-refractivity contribution is 0.00446. The zero-order chi connectivity index (χ0) is 27.3. The number of benzene rings is 1. The van der Waals surface area contributed by atoms with Crippen molar-refractivity contribution < 1.29 is 15.3 Å². The lowest BCUT2D eigenvalue weighted by Gasteiger charge is -2.22. The number of anilines is 2. The zero-order valence-electron chi connectivity index (χ0n) is 22.3. The van der Waals surface area contributed by atoms with Crippen LogP contribution in [0.5, 0.6) is 0 Å². The molecule has 2 saturated carbocycles. The summed E-state index contributed by atoms with van der Waals surface area (Å²) in [6.45, 7) is 5.90. The Kier molecular flexibility index (Phi) is 6.96. The lowest BCUT2D eigenvalue weighted by atomic mass is 10.0. The number of aliphatic hydroxyl groups excluding tert-OH is 3. The first-order chi connectivity index (χ1) is 18.8. The number of nitrogens with one attached hydrogen (secondary N) is 2. The van der Waals surface area contributed by atoms with Crippen LogP contribution in [0.2, 0.25) is 0 Å². The van der Waals surface area contributed by atoms with Gasteiger partial charge in [0.25, 0.3) is 0 Å². The Morgan fingerprint density at radius 2 is 1.85 bits per heavy atom. The first-order valence-electron chi connectivity index (χ1n) is 13.5. The van der Waals surface area contributed by atoms with Crippen molar-refractivity contribution >= 4 is 33.3 Å². The topological polar surface area (TPSA) is 136 Å². The molecule has 10 heteroatoms. The third-order valence-electron chi connectivity index (χ3n) is 7.96. The maximum absolute atomic E-state index is 10.8. The largest absolute Gasteiger partial charge is 0.396 e. The minimum Gasteiger partial charge on any atom is -0.396 e. The Hall–Kier alpha value is -3.18. The molecular weight excluding hydrogens is 512 g/mol. The highest BCUT2D eigenvalue weighted by Crippen LogP contribution is 2.44. The van der Waals surface area contributed by atoms with Crippen molar-refractivity contribution in [3.05, 3.63) is 59.0 Å². The molecule has 204 valence electrons. The molecule has 5 atom stereocenters. The second-order valence-corrected chi connectivity index (χ2v) is 11.9. The van der Waals surface area contributed by atoms with Crippen LogP contribution < -0.4 is 10.6 Å². The van der Waals surface area contributed by atoms with E-state index in [0.29, 0.717) is 24.1 Å². The number of aliphatic hydroxyl groups is 3. The molecule has 2 fully saturated rings. The van der Waals surface area contributed by atoms with Crippen molar-refractivity contribution in [1.29, 1.82) is 0 Å². The molecule has 2 aliphatic rings. The highest BCUT2D eigenvalue weighted by atomic mass is 32.1. The molecule has 0 aliphatic heterocycles. The van der Waals surface area contributed by atoms with Crippen molar-refractivity contribution in [2.24, 2.45) is 5.92 Å². The van der Waals surface area contributed by atoms with Crippen molar-refractivity contribution in [3.63, 3.8) is 0 Å². The van der Waals surface area contributed by atoms with Gasteiger partial charge in [0.05, 0.1) is 39.8 Å². The summed E-state index contributed by atoms with van der Waals surface area (Å²) >= 11 is 1.58. The van der Waals surface area contributed by atoms with Gasteiger partial charge in [0, 0.05) is 24.6 Å². The van der Waals surface area contributed by atoms with E-state index in [9.17, 15) is 15.3 Å². The van der Waals surface area contributed by atoms with Gasteiger partial charge < -0.3 is 26.0 Å². The van der Waals surface area contributed by atoms with E-state index in [0.717, 1.165) is 50.6 Å². The van der Waals surface area contributed by atoms with E-state index >= 15 is 0 Å². The third kappa shape index (κ3) is 4.98. The molecule has 0 spiro atoms. The molecule has 3 heterocycles. The van der Waals surface area contributed by atoms with E-state index in [-0.39, 0.29) is 12.6 Å². The van der Waals surface area contributed by atoms with Crippen molar-refractivity contribution in [2.45, 2.75) is 70.2 Å². The van der Waals surface area contributed by atoms with Gasteiger partial charge in [-0.3, -0.25) is 4.98 Å². The normalized spacial score (nSPS) is 23.7. The molecule has 0 radical (unpaired) electrons. The number of thiazole rings is 1. The van der Waals surface area contributed by atoms with Gasteiger partial charge in [0.2, 0.25) is 5.95 Å². The summed E-state index contributed by atoms with van der Waals surface area (Å²) in [6, 6.07) is 9.69. The molecule has 1 aromatic carbocycles. The Balaban J connectivity index is 1.41. The molecule has 0 bridgehead atoms. The van der Waals surface area contributed by atoms with Crippen molar-refractivity contribution in [2.75, 3.05) is 17.2 Å². The molecule has 5 unspecified atom stereocenters. The van der Waals surface area contributed by atoms with Crippen LogP contribution in [0, 0.1) is 19.8 Å². The Morgan fingerprint density at radius 1 is 1.05 bits per heavy atom. The van der Waals surface area contributed by atoms with Gasteiger partial charge in [0.1, 0.15) is 22.4 Å². The fourth-order valence-corrected chi connectivity index (χ4v) is 6.67. The van der Waals surface area contributed by atoms with Crippen LogP contribution in [0.1, 0.15) is 60.7 Å². The van der Waals surface area contributed by atoms with Gasteiger partial charge in [-0.1, -0.05) is 24.3 Å². The van der Waals surface area contributed by atoms with E-state index in [1.807, 2.05) is 31.3 Å². The maximum Gasteiger partial charge on any atom is 0.225 e. The summed E-state index contributed by atoms with van der Waals surface area (Å²) in [5, 5.41) is 38.5. The van der Waals surface area contributed by atoms with E-state index in [2.05, 4.69) is 41.6 Å². The maximum atomic E-state index is 10.8. The SMILES string of the molecule is Cc1ccccc1C(C)Nc1nc(C)c(-c2nc3c(C4CC4)nccc3s2)c(NC2CC(CO)C(O)C2O)n1. The van der Waals surface area contributed by atoms with Gasteiger partial charge in [-0.25, -0.2) is 9.97 Å². The number of aromatic nitrogens is 4. The van der Waals surface area contributed by atoms with Gasteiger partial charge in [-0.2, -0.15) is 4.98 Å². The molecule has 39 heavy (non-hydrogen) atoms. The van der Waals surface area contributed by atoms with Crippen LogP contribution >= 0.6 is 11.3 Å². The van der Waals surface area contributed by atoms with Gasteiger partial charge in [0.15, 0.2) is 0 Å². The lowest BCUT2D eigenvalue weighted by Crippen LogP contribution is -2.35. The summed E-state index contributed by atoms with van der Waals surface area (Å²) in [5.41, 5.74) is 5.83. The quantitative estimate of drug-likeness (QED) is 0.219. The minimum absolute atomic E-state index is 0.0309. The number of nitrogens with zero attached hydrogens (tertiary/aromatic N) is 4. The fraction of sp³-hybridized carbons (Fsp3) is 0.448. The summed E-state index contributed by atoms with van der Waals surface area (Å²) in [4.78, 5) is 19.3. The predicted octanol–water partition coefficient (Wildman–Crippen LogP) is 4.33. The molecule has 6 rings (SSSR count). The molecule has 4 aromatic rings. The monoisotopic (exact) mass is 546 g/mol. The Labute approximate surface area is 231 Å². The molecule has 0 saturated heterocycles. The fourth-order valence-electron chi connectivity index (χ4n) is 5.60. The van der Waals surface area contributed by atoms with Crippen LogP contribution in [0.15, 0.2) is 36.5 Å². The standard InChI is InChI=1S/C29H34N6O3S/c1-14-6-4-5-7-19(14)15(2)31-29-32-16(3)22(27(35-29)33-20-12-18(13-36)25(37)26(20)38)28-34-24-21(39-28)10-11-30-23(24)17-8-9-17/h4-7,10-11,15,17-18,20,25-26,36-38H,8-9,12-13H2,1-3H3,(H2,31,32,33,35). The summed E-state index contributed by atoms with van der Waals surface area (Å²) in [7, 11) is 0. The van der Waals surface area contributed by atoms with E-state index < -0.39 is 24.2 Å². The van der Waals surface area contributed by atoms with E-state index in [4.69, 9.17) is 15.0 Å². The number of rotatable bonds is 8. The molecule has 0 amide bonds. The second-order valence-electron chi connectivity index (χ2n) is 10.8. The molecular formula is C29H34N6O3S. The first kappa shape index (κ1) is 26.1. The van der Waals surface area contributed by atoms with Crippen LogP contribution in [0.3, 0.4) is 0 Å².